The van der Waals surface area contributed by atoms with Gasteiger partial charge in [-0.1, -0.05) is 41.9 Å². The Hall–Kier alpha value is -3.02. The van der Waals surface area contributed by atoms with Gasteiger partial charge in [-0.3, -0.25) is 4.79 Å². The normalized spacial score (nSPS) is 10.9. The number of rotatable bonds is 8. The van der Waals surface area contributed by atoms with E-state index < -0.39 is 5.91 Å². The van der Waals surface area contributed by atoms with Crippen molar-refractivity contribution in [2.24, 2.45) is 0 Å². The molecule has 1 N–H and O–H groups in total. The Labute approximate surface area is 205 Å². The van der Waals surface area contributed by atoms with Gasteiger partial charge in [0, 0.05) is 9.26 Å². The lowest BCUT2D eigenvalue weighted by Crippen LogP contribution is -2.13. The van der Waals surface area contributed by atoms with Gasteiger partial charge in [0.1, 0.15) is 18.2 Å². The third-order valence-corrected chi connectivity index (χ3v) is 5.34. The number of carbonyl (C=O) groups excluding carboxylic acids is 1. The van der Waals surface area contributed by atoms with E-state index >= 15 is 0 Å². The highest BCUT2D eigenvalue weighted by Crippen LogP contribution is 2.38. The Bertz CT molecular complexity index is 1160. The molecule has 0 fully saturated rings. The van der Waals surface area contributed by atoms with E-state index in [0.717, 1.165) is 9.13 Å². The second-order valence-electron chi connectivity index (χ2n) is 6.67. The summed E-state index contributed by atoms with van der Waals surface area (Å²) in [5, 5.41) is 12.6. The smallest absolute Gasteiger partial charge is 0.266 e. The highest BCUT2D eigenvalue weighted by atomic mass is 127. The number of ether oxygens (including phenoxy) is 2. The molecule has 5 nitrogen and oxygen atoms in total. The lowest BCUT2D eigenvalue weighted by molar-refractivity contribution is -0.112. The van der Waals surface area contributed by atoms with E-state index in [0.29, 0.717) is 41.0 Å². The zero-order chi connectivity index (χ0) is 22.9. The number of nitriles is 1. The van der Waals surface area contributed by atoms with Crippen LogP contribution in [0.25, 0.3) is 6.08 Å². The molecule has 7 heteroatoms. The second-order valence-corrected chi connectivity index (χ2v) is 8.32. The van der Waals surface area contributed by atoms with Gasteiger partial charge in [0.25, 0.3) is 5.91 Å². The number of halogens is 2. The van der Waals surface area contributed by atoms with Crippen LogP contribution < -0.4 is 14.8 Å². The number of carbonyl (C=O) groups is 1. The van der Waals surface area contributed by atoms with Gasteiger partial charge in [-0.25, -0.2) is 0 Å². The first-order chi connectivity index (χ1) is 15.5. The molecule has 0 aliphatic rings. The zero-order valence-electron chi connectivity index (χ0n) is 17.3. The van der Waals surface area contributed by atoms with Crippen molar-refractivity contribution in [2.45, 2.75) is 13.5 Å². The molecule has 0 aliphatic carbocycles. The van der Waals surface area contributed by atoms with Gasteiger partial charge in [-0.15, -0.1) is 0 Å². The van der Waals surface area contributed by atoms with Crippen molar-refractivity contribution in [3.63, 3.8) is 0 Å². The lowest BCUT2D eigenvalue weighted by Gasteiger charge is -2.15. The van der Waals surface area contributed by atoms with E-state index in [-0.39, 0.29) is 5.57 Å². The van der Waals surface area contributed by atoms with E-state index in [9.17, 15) is 10.1 Å². The van der Waals surface area contributed by atoms with Crippen molar-refractivity contribution in [1.29, 1.82) is 5.26 Å². The molecule has 0 aliphatic heterocycles. The summed E-state index contributed by atoms with van der Waals surface area (Å²) in [5.41, 5.74) is 2.10. The molecular weight excluding hydrogens is 539 g/mol. The van der Waals surface area contributed by atoms with E-state index in [2.05, 4.69) is 27.9 Å². The van der Waals surface area contributed by atoms with Crippen LogP contribution in [-0.4, -0.2) is 12.5 Å². The molecule has 0 heterocycles. The number of nitrogens with zero attached hydrogens (tertiary/aromatic N) is 1. The van der Waals surface area contributed by atoms with E-state index in [1.165, 1.54) is 6.08 Å². The molecule has 32 heavy (non-hydrogen) atoms. The number of nitrogens with one attached hydrogen (secondary N) is 1. The maximum Gasteiger partial charge on any atom is 0.266 e. The van der Waals surface area contributed by atoms with Crippen LogP contribution in [0.4, 0.5) is 5.69 Å². The maximum absolute atomic E-state index is 12.6. The molecule has 0 saturated heterocycles. The van der Waals surface area contributed by atoms with Crippen LogP contribution in [0, 0.1) is 14.9 Å². The van der Waals surface area contributed by atoms with Gasteiger partial charge in [-0.05, 0) is 83.1 Å². The van der Waals surface area contributed by atoms with Crippen molar-refractivity contribution in [1.82, 2.24) is 0 Å². The monoisotopic (exact) mass is 558 g/mol. The molecule has 3 rings (SSSR count). The predicted octanol–water partition coefficient (Wildman–Crippen LogP) is 6.47. The van der Waals surface area contributed by atoms with Crippen LogP contribution in [0.1, 0.15) is 18.1 Å². The summed E-state index contributed by atoms with van der Waals surface area (Å²) < 4.78 is 12.7. The van der Waals surface area contributed by atoms with E-state index in [1.54, 1.807) is 24.3 Å². The first-order valence-corrected chi connectivity index (χ1v) is 11.3. The Morgan fingerprint density at radius 2 is 1.84 bits per heavy atom. The minimum absolute atomic E-state index is 0.0555. The quantitative estimate of drug-likeness (QED) is 0.195. The van der Waals surface area contributed by atoms with Crippen LogP contribution in [0.2, 0.25) is 5.02 Å². The van der Waals surface area contributed by atoms with Crippen LogP contribution >= 0.6 is 34.2 Å². The molecule has 162 valence electrons. The van der Waals surface area contributed by atoms with Gasteiger partial charge >= 0.3 is 0 Å². The largest absolute Gasteiger partial charge is 0.490 e. The standard InChI is InChI=1S/C25H20ClIN2O3/c1-2-31-23-14-18(13-22(26)24(23)32-16-17-6-4-3-5-7-17)12-19(15-28)25(30)29-21-10-8-20(27)9-11-21/h3-14H,2,16H2,1H3,(H,29,30)/b19-12+. The second kappa shape index (κ2) is 11.6. The van der Waals surface area contributed by atoms with Crippen molar-refractivity contribution in [3.05, 3.63) is 92.0 Å². The highest BCUT2D eigenvalue weighted by molar-refractivity contribution is 14.1. The highest BCUT2D eigenvalue weighted by Gasteiger charge is 2.15. The topological polar surface area (TPSA) is 71.3 Å². The van der Waals surface area contributed by atoms with Crippen LogP contribution in [0.5, 0.6) is 11.5 Å². The fraction of sp³-hybridized carbons (Fsp3) is 0.120. The SMILES string of the molecule is CCOc1cc(/C=C(\C#N)C(=O)Nc2ccc(I)cc2)cc(Cl)c1OCc1ccccc1. The molecule has 0 spiro atoms. The van der Waals surface area contributed by atoms with Gasteiger partial charge in [0.05, 0.1) is 11.6 Å². The summed E-state index contributed by atoms with van der Waals surface area (Å²) in [6, 6.07) is 22.3. The molecule has 0 atom stereocenters. The van der Waals surface area contributed by atoms with Crippen LogP contribution in [0.15, 0.2) is 72.3 Å². The Morgan fingerprint density at radius 3 is 2.50 bits per heavy atom. The Kier molecular flexibility index (Phi) is 8.54. The Morgan fingerprint density at radius 1 is 1.12 bits per heavy atom. The number of amides is 1. The van der Waals surface area contributed by atoms with E-state index in [4.69, 9.17) is 21.1 Å². The minimum atomic E-state index is -0.507. The third kappa shape index (κ3) is 6.49. The average Bonchev–Trinajstić information content (AvgIpc) is 2.79. The summed E-state index contributed by atoms with van der Waals surface area (Å²) in [7, 11) is 0. The molecule has 0 unspecified atom stereocenters. The number of benzene rings is 3. The fourth-order valence-corrected chi connectivity index (χ4v) is 3.48. The molecule has 0 bridgehead atoms. The molecule has 0 radical (unpaired) electrons. The summed E-state index contributed by atoms with van der Waals surface area (Å²) in [5.74, 6) is 0.348. The first-order valence-electron chi connectivity index (χ1n) is 9.82. The summed E-state index contributed by atoms with van der Waals surface area (Å²) in [6.07, 6.45) is 1.47. The average molecular weight is 559 g/mol. The molecule has 0 aromatic heterocycles. The molecular formula is C25H20ClIN2O3. The first kappa shape index (κ1) is 23.6. The predicted molar refractivity (Wildman–Crippen MR) is 135 cm³/mol. The fourth-order valence-electron chi connectivity index (χ4n) is 2.85. The lowest BCUT2D eigenvalue weighted by atomic mass is 10.1. The number of hydrogen-bond donors (Lipinski definition) is 1. The van der Waals surface area contributed by atoms with Crippen LogP contribution in [0.3, 0.4) is 0 Å². The van der Waals surface area contributed by atoms with Gasteiger partial charge in [0.15, 0.2) is 11.5 Å². The number of hydrogen-bond acceptors (Lipinski definition) is 4. The van der Waals surface area contributed by atoms with Gasteiger partial charge in [0.2, 0.25) is 0 Å². The van der Waals surface area contributed by atoms with Crippen molar-refractivity contribution < 1.29 is 14.3 Å². The summed E-state index contributed by atoms with van der Waals surface area (Å²) >= 11 is 8.65. The molecule has 1 amide bonds. The van der Waals surface area contributed by atoms with Crippen LogP contribution in [-0.2, 0) is 11.4 Å². The van der Waals surface area contributed by atoms with Crippen molar-refractivity contribution >= 4 is 51.9 Å². The maximum atomic E-state index is 12.6. The molecule has 3 aromatic carbocycles. The van der Waals surface area contributed by atoms with Crippen molar-refractivity contribution in [2.75, 3.05) is 11.9 Å². The molecule has 3 aromatic rings. The van der Waals surface area contributed by atoms with Gasteiger partial charge in [-0.2, -0.15) is 5.26 Å². The van der Waals surface area contributed by atoms with Gasteiger partial charge < -0.3 is 14.8 Å². The van der Waals surface area contributed by atoms with E-state index in [1.807, 2.05) is 55.5 Å². The van der Waals surface area contributed by atoms with Crippen molar-refractivity contribution in [3.8, 4) is 17.6 Å². The number of anilines is 1. The summed E-state index contributed by atoms with van der Waals surface area (Å²) in [4.78, 5) is 12.6. The summed E-state index contributed by atoms with van der Waals surface area (Å²) in [6.45, 7) is 2.59. The zero-order valence-corrected chi connectivity index (χ0v) is 20.2. The minimum Gasteiger partial charge on any atom is -0.490 e. The molecule has 0 saturated carbocycles. The third-order valence-electron chi connectivity index (χ3n) is 4.34. The Balaban J connectivity index is 1.83.